The number of para-hydroxylation sites is 1. The number of carbonyl (C=O) groups is 2. The second kappa shape index (κ2) is 12.8. The van der Waals surface area contributed by atoms with Crippen LogP contribution in [0.25, 0.3) is 0 Å². The third-order valence-corrected chi connectivity index (χ3v) is 7.94. The van der Waals surface area contributed by atoms with Crippen LogP contribution < -0.4 is 21.3 Å². The molecular formula is C33H34ClFN7O3. The first-order valence-electron chi connectivity index (χ1n) is 14.4. The number of anilines is 5. The van der Waals surface area contributed by atoms with Gasteiger partial charge in [-0.15, -0.1) is 10.3 Å². The predicted molar refractivity (Wildman–Crippen MR) is 172 cm³/mol. The van der Waals surface area contributed by atoms with E-state index < -0.39 is 16.9 Å². The van der Waals surface area contributed by atoms with E-state index in [2.05, 4.69) is 31.2 Å². The average Bonchev–Trinajstić information content (AvgIpc) is 2.99. The van der Waals surface area contributed by atoms with Crippen LogP contribution >= 0.6 is 11.6 Å². The van der Waals surface area contributed by atoms with Crippen molar-refractivity contribution in [3.05, 3.63) is 101 Å². The van der Waals surface area contributed by atoms with Crippen molar-refractivity contribution < 1.29 is 19.2 Å². The smallest absolute Gasteiger partial charge is 0.255 e. The molecule has 2 amide bonds. The minimum Gasteiger partial charge on any atom is -0.349 e. The summed E-state index contributed by atoms with van der Waals surface area (Å²) in [4.78, 5) is 33.8. The first-order valence-corrected chi connectivity index (χ1v) is 14.8. The molecule has 0 saturated carbocycles. The molecule has 4 N–H and O–H groups in total. The zero-order valence-electron chi connectivity index (χ0n) is 25.3. The SMILES string of the molecule is CC1(C)CC(NC(=O)c2ccc(Nc3ncc(F)c(Nc4ccc(C(=O)Nc5ccccc5Cl)cc4)n3)cc2)CC(C)(C)N1[O]. The fraction of sp³-hybridized carbons (Fsp3) is 0.273. The lowest BCUT2D eigenvalue weighted by Gasteiger charge is -2.50. The summed E-state index contributed by atoms with van der Waals surface area (Å²) in [5, 5.41) is 25.9. The van der Waals surface area contributed by atoms with Crippen LogP contribution in [0.15, 0.2) is 79.0 Å². The van der Waals surface area contributed by atoms with Gasteiger partial charge in [-0.3, -0.25) is 9.59 Å². The van der Waals surface area contributed by atoms with E-state index in [1.165, 1.54) is 0 Å². The van der Waals surface area contributed by atoms with E-state index in [0.717, 1.165) is 11.3 Å². The van der Waals surface area contributed by atoms with Crippen LogP contribution in [0.1, 0.15) is 61.3 Å². The van der Waals surface area contributed by atoms with Gasteiger partial charge in [0.2, 0.25) is 5.95 Å². The molecule has 1 aliphatic rings. The Morgan fingerprint density at radius 1 is 0.844 bits per heavy atom. The maximum Gasteiger partial charge on any atom is 0.255 e. The Kier molecular flexibility index (Phi) is 9.06. The molecule has 5 rings (SSSR count). The standard InChI is InChI=1S/C33H34ClFN7O3/c1-32(2)17-24(18-33(3,4)42(32)45)38-29(43)20-11-15-23(16-12-20)39-31-36-19-26(35)28(41-31)37-22-13-9-21(10-14-22)30(44)40-27-8-6-5-7-25(27)34/h5-16,19,24H,17-18H2,1-4H3,(H,38,43)(H,40,44)(H2,36,37,39,41). The van der Waals surface area contributed by atoms with Crippen molar-refractivity contribution in [1.29, 1.82) is 0 Å². The minimum absolute atomic E-state index is 0.0632. The van der Waals surface area contributed by atoms with Crippen molar-refractivity contribution in [1.82, 2.24) is 20.3 Å². The molecule has 0 spiro atoms. The highest BCUT2D eigenvalue weighted by atomic mass is 35.5. The van der Waals surface area contributed by atoms with E-state index in [1.54, 1.807) is 72.8 Å². The summed E-state index contributed by atoms with van der Waals surface area (Å²) >= 11 is 6.12. The highest BCUT2D eigenvalue weighted by molar-refractivity contribution is 6.33. The van der Waals surface area contributed by atoms with Gasteiger partial charge in [0.25, 0.3) is 11.8 Å². The van der Waals surface area contributed by atoms with Crippen LogP contribution in [-0.2, 0) is 5.21 Å². The molecule has 3 aromatic carbocycles. The van der Waals surface area contributed by atoms with Gasteiger partial charge in [0.15, 0.2) is 11.6 Å². The lowest BCUT2D eigenvalue weighted by molar-refractivity contribution is -0.289. The zero-order chi connectivity index (χ0) is 32.4. The van der Waals surface area contributed by atoms with Gasteiger partial charge >= 0.3 is 0 Å². The van der Waals surface area contributed by atoms with Gasteiger partial charge in [-0.05, 0) is 101 Å². The van der Waals surface area contributed by atoms with E-state index in [-0.39, 0.29) is 29.6 Å². The summed E-state index contributed by atoms with van der Waals surface area (Å²) in [6.07, 6.45) is 2.14. The number of halogens is 2. The number of benzene rings is 3. The highest BCUT2D eigenvalue weighted by Crippen LogP contribution is 2.37. The van der Waals surface area contributed by atoms with Gasteiger partial charge in [0.1, 0.15) is 0 Å². The predicted octanol–water partition coefficient (Wildman–Crippen LogP) is 7.11. The Balaban J connectivity index is 1.19. The Morgan fingerprint density at radius 3 is 2.00 bits per heavy atom. The second-order valence-electron chi connectivity index (χ2n) is 12.2. The Labute approximate surface area is 266 Å². The Bertz CT molecular complexity index is 1680. The van der Waals surface area contributed by atoms with Crippen molar-refractivity contribution in [3.63, 3.8) is 0 Å². The molecule has 2 heterocycles. The van der Waals surface area contributed by atoms with Crippen LogP contribution in [0, 0.1) is 5.82 Å². The van der Waals surface area contributed by atoms with Crippen molar-refractivity contribution in [2.24, 2.45) is 0 Å². The van der Waals surface area contributed by atoms with Gasteiger partial charge in [-0.2, -0.15) is 4.98 Å². The largest absolute Gasteiger partial charge is 0.349 e. The molecule has 10 nitrogen and oxygen atoms in total. The van der Waals surface area contributed by atoms with Crippen LogP contribution in [0.2, 0.25) is 5.02 Å². The van der Waals surface area contributed by atoms with Crippen molar-refractivity contribution >= 4 is 52.2 Å². The summed E-state index contributed by atoms with van der Waals surface area (Å²) < 4.78 is 14.6. The maximum absolute atomic E-state index is 14.6. The third-order valence-electron chi connectivity index (χ3n) is 7.61. The maximum atomic E-state index is 14.6. The number of hydroxylamine groups is 2. The van der Waals surface area contributed by atoms with Gasteiger partial charge < -0.3 is 21.3 Å². The molecule has 1 aromatic heterocycles. The molecule has 0 bridgehead atoms. The summed E-state index contributed by atoms with van der Waals surface area (Å²) in [6, 6.07) is 20.0. The molecule has 1 saturated heterocycles. The van der Waals surface area contributed by atoms with E-state index in [1.807, 2.05) is 27.7 Å². The molecule has 45 heavy (non-hydrogen) atoms. The first kappa shape index (κ1) is 31.8. The number of carbonyl (C=O) groups excluding carboxylic acids is 2. The molecule has 1 radical (unpaired) electrons. The molecule has 1 fully saturated rings. The van der Waals surface area contributed by atoms with Gasteiger partial charge in [-0.25, -0.2) is 9.37 Å². The molecule has 1 aliphatic heterocycles. The fourth-order valence-electron chi connectivity index (χ4n) is 5.58. The summed E-state index contributed by atoms with van der Waals surface area (Å²) in [5.41, 5.74) is 1.28. The number of hydrogen-bond acceptors (Lipinski definition) is 7. The van der Waals surface area contributed by atoms with E-state index >= 15 is 0 Å². The Morgan fingerprint density at radius 2 is 1.40 bits per heavy atom. The molecule has 233 valence electrons. The molecular weight excluding hydrogens is 597 g/mol. The molecule has 12 heteroatoms. The number of hydrogen-bond donors (Lipinski definition) is 4. The van der Waals surface area contributed by atoms with Crippen molar-refractivity contribution in [2.75, 3.05) is 16.0 Å². The van der Waals surface area contributed by atoms with Gasteiger partial charge in [0, 0.05) is 39.6 Å². The van der Waals surface area contributed by atoms with Crippen LogP contribution in [-0.4, -0.2) is 44.0 Å². The second-order valence-corrected chi connectivity index (χ2v) is 12.6. The number of amides is 2. The number of rotatable bonds is 8. The lowest BCUT2D eigenvalue weighted by atomic mass is 9.79. The van der Waals surface area contributed by atoms with E-state index in [9.17, 15) is 19.2 Å². The number of nitrogens with one attached hydrogen (secondary N) is 4. The summed E-state index contributed by atoms with van der Waals surface area (Å²) in [6.45, 7) is 7.55. The average molecular weight is 631 g/mol. The quantitative estimate of drug-likeness (QED) is 0.163. The normalized spacial score (nSPS) is 16.1. The highest BCUT2D eigenvalue weighted by Gasteiger charge is 2.46. The summed E-state index contributed by atoms with van der Waals surface area (Å²) in [7, 11) is 0. The minimum atomic E-state index is -0.665. The van der Waals surface area contributed by atoms with Crippen molar-refractivity contribution in [3.8, 4) is 0 Å². The Hall–Kier alpha value is -4.58. The van der Waals surface area contributed by atoms with Gasteiger partial charge in [-0.1, -0.05) is 23.7 Å². The van der Waals surface area contributed by atoms with Crippen LogP contribution in [0.3, 0.4) is 0 Å². The topological polar surface area (TPSA) is 131 Å². The van der Waals surface area contributed by atoms with Crippen LogP contribution in [0.5, 0.6) is 0 Å². The number of piperidine rings is 1. The molecule has 0 unspecified atom stereocenters. The van der Waals surface area contributed by atoms with Crippen LogP contribution in [0.4, 0.5) is 33.2 Å². The zero-order valence-corrected chi connectivity index (χ0v) is 26.1. The number of nitrogens with zero attached hydrogens (tertiary/aromatic N) is 3. The molecule has 0 aliphatic carbocycles. The lowest BCUT2D eigenvalue weighted by Crippen LogP contribution is -2.62. The molecule has 0 atom stereocenters. The van der Waals surface area contributed by atoms with Gasteiger partial charge in [0.05, 0.1) is 16.9 Å². The summed E-state index contributed by atoms with van der Waals surface area (Å²) in [5.74, 6) is -1.15. The monoisotopic (exact) mass is 630 g/mol. The third kappa shape index (κ3) is 7.56. The van der Waals surface area contributed by atoms with E-state index in [4.69, 9.17) is 11.6 Å². The molecule has 4 aromatic rings. The van der Waals surface area contributed by atoms with Crippen molar-refractivity contribution in [2.45, 2.75) is 57.7 Å². The first-order chi connectivity index (χ1) is 21.3. The fourth-order valence-corrected chi connectivity index (χ4v) is 5.76. The van der Waals surface area contributed by atoms with E-state index in [0.29, 0.717) is 46.1 Å². The number of aromatic nitrogens is 2.